The zero-order valence-corrected chi connectivity index (χ0v) is 32.9. The van der Waals surface area contributed by atoms with Crippen LogP contribution in [0.25, 0.3) is 11.1 Å². The molecule has 1 atom stereocenters. The Morgan fingerprint density at radius 2 is 1.11 bits per heavy atom. The number of benzene rings is 4. The molecule has 3 heteroatoms. The van der Waals surface area contributed by atoms with Crippen molar-refractivity contribution in [3.05, 3.63) is 151 Å². The molecule has 0 saturated carbocycles. The molecular weight excluding hydrogens is 691 g/mol. The molecule has 0 nitrogen and oxygen atoms in total. The summed E-state index contributed by atoms with van der Waals surface area (Å²) >= 11 is -2.85. The fourth-order valence-electron chi connectivity index (χ4n) is 8.01. The molecule has 2 aliphatic rings. The van der Waals surface area contributed by atoms with Crippen LogP contribution in [0.4, 0.5) is 0 Å². The molecule has 4 aromatic rings. The molecule has 0 heterocycles. The maximum Gasteiger partial charge on any atom is -1.00 e. The number of rotatable bonds is 12. The van der Waals surface area contributed by atoms with Gasteiger partial charge in [0.25, 0.3) is 0 Å². The van der Waals surface area contributed by atoms with Gasteiger partial charge in [-0.05, 0) is 0 Å². The first-order valence-corrected chi connectivity index (χ1v) is 21.6. The Labute approximate surface area is 304 Å². The van der Waals surface area contributed by atoms with Crippen molar-refractivity contribution in [3.8, 4) is 11.1 Å². The summed E-state index contributed by atoms with van der Waals surface area (Å²) in [6.07, 6.45) is 12.2. The van der Waals surface area contributed by atoms with Crippen molar-refractivity contribution < 1.29 is 46.1 Å². The molecule has 0 aliphatic heterocycles. The normalized spacial score (nSPS) is 14.8. The van der Waals surface area contributed by atoms with Crippen LogP contribution in [0, 0.1) is 5.92 Å². The van der Waals surface area contributed by atoms with E-state index in [1.54, 1.807) is 25.5 Å². The van der Waals surface area contributed by atoms with Crippen LogP contribution in [-0.2, 0) is 34.1 Å². The molecule has 0 spiro atoms. The summed E-state index contributed by atoms with van der Waals surface area (Å²) in [6, 6.07) is 38.0. The van der Waals surface area contributed by atoms with Crippen molar-refractivity contribution in [1.29, 1.82) is 0 Å². The predicted octanol–water partition coefficient (Wildman–Crippen LogP) is 5.99. The summed E-state index contributed by atoms with van der Waals surface area (Å²) in [4.78, 5) is 0. The topological polar surface area (TPSA) is 0 Å². The van der Waals surface area contributed by atoms with Crippen LogP contribution < -0.4 is 24.8 Å². The van der Waals surface area contributed by atoms with E-state index in [2.05, 4.69) is 138 Å². The second-order valence-electron chi connectivity index (χ2n) is 13.0. The maximum absolute atomic E-state index is 2.85. The summed E-state index contributed by atoms with van der Waals surface area (Å²) in [5.41, 5.74) is 15.4. The Balaban J connectivity index is 0.00000250. The Hall–Kier alpha value is -2.31. The first-order valence-electron chi connectivity index (χ1n) is 17.7. The van der Waals surface area contributed by atoms with Gasteiger partial charge in [-0.15, -0.1) is 0 Å². The molecule has 4 aromatic carbocycles. The molecule has 0 N–H and O–H groups in total. The van der Waals surface area contributed by atoms with E-state index in [4.69, 9.17) is 0 Å². The zero-order valence-electron chi connectivity index (χ0n) is 28.9. The van der Waals surface area contributed by atoms with E-state index in [0.29, 0.717) is 9.54 Å². The minimum absolute atomic E-state index is 0. The van der Waals surface area contributed by atoms with Gasteiger partial charge in [0.15, 0.2) is 0 Å². The van der Waals surface area contributed by atoms with Crippen LogP contribution in [-0.4, -0.2) is 3.21 Å². The first kappa shape index (κ1) is 37.5. The number of hydrogen-bond acceptors (Lipinski definition) is 0. The third-order valence-electron chi connectivity index (χ3n) is 10.0. The van der Waals surface area contributed by atoms with Gasteiger partial charge < -0.3 is 24.8 Å². The molecule has 0 saturated heterocycles. The number of fused-ring (bicyclic) bond motifs is 3. The van der Waals surface area contributed by atoms with E-state index in [1.807, 2.05) is 3.28 Å². The van der Waals surface area contributed by atoms with E-state index in [1.165, 1.54) is 71.9 Å². The van der Waals surface area contributed by atoms with E-state index >= 15 is 0 Å². The van der Waals surface area contributed by atoms with Crippen molar-refractivity contribution in [2.24, 2.45) is 5.92 Å². The molecule has 0 bridgehead atoms. The summed E-state index contributed by atoms with van der Waals surface area (Å²) in [5, 5.41) is 0. The molecule has 6 rings (SSSR count). The molecule has 0 aromatic heterocycles. The standard InChI is InChI=1S/C17H17.C14H23.C13H10.2ClH.Zr/c1-3-12-5-7-16-14(9-12)11-15-10-13(4-2)6-8-17(15)16;1-4-7-12-10-13(8-5-2)14(11-12)9-6-3;1-3-7-12(8-4-1)11-13-9-5-2-6-10-13;;;/h5-11H,3-4H2,1-2H3;10,12H,4-9H2,1-3H3;1-10H;2*1H;/q;;;;;+2/p-2. The van der Waals surface area contributed by atoms with Gasteiger partial charge in [-0.1, -0.05) is 0 Å². The molecule has 244 valence electrons. The zero-order chi connectivity index (χ0) is 31.3. The monoisotopic (exact) mass is 738 g/mol. The van der Waals surface area contributed by atoms with Crippen LogP contribution in [0.2, 0.25) is 0 Å². The van der Waals surface area contributed by atoms with Gasteiger partial charge in [0.2, 0.25) is 0 Å². The van der Waals surface area contributed by atoms with E-state index in [9.17, 15) is 0 Å². The van der Waals surface area contributed by atoms with Crippen molar-refractivity contribution >= 4 is 3.21 Å². The minimum Gasteiger partial charge on any atom is -1.00 e. The molecule has 0 amide bonds. The fraction of sp³-hybridized carbons (Fsp3) is 0.341. The Morgan fingerprint density at radius 3 is 1.55 bits per heavy atom. The van der Waals surface area contributed by atoms with Crippen LogP contribution in [0.5, 0.6) is 0 Å². The van der Waals surface area contributed by atoms with Gasteiger partial charge in [0.1, 0.15) is 0 Å². The minimum atomic E-state index is -2.85. The Bertz CT molecular complexity index is 1650. The third-order valence-corrected chi connectivity index (χ3v) is 18.8. The largest absolute Gasteiger partial charge is 1.00 e. The smallest absolute Gasteiger partial charge is 1.00 e. The van der Waals surface area contributed by atoms with E-state index in [-0.39, 0.29) is 24.8 Å². The van der Waals surface area contributed by atoms with Crippen LogP contribution >= 0.6 is 0 Å². The summed E-state index contributed by atoms with van der Waals surface area (Å²) in [5.74, 6) is 0.561. The van der Waals surface area contributed by atoms with Crippen molar-refractivity contribution in [1.82, 2.24) is 0 Å². The number of hydrogen-bond donors (Lipinski definition) is 0. The first-order chi connectivity index (χ1) is 22.1. The van der Waals surface area contributed by atoms with Crippen molar-refractivity contribution in [3.63, 3.8) is 0 Å². The SMILES string of the molecule is CCCC1=CC(CCC)[C]([Zr+2](=[C](c2ccccc2)c2ccccc2)[CH]2c3cc(CC)ccc3-c3ccc(CC)cc32)=C1CCC.[Cl-].[Cl-]. The second kappa shape index (κ2) is 17.4. The number of allylic oxidation sites excluding steroid dienone is 4. The summed E-state index contributed by atoms with van der Waals surface area (Å²) in [6.45, 7) is 11.8. The van der Waals surface area contributed by atoms with Crippen molar-refractivity contribution in [2.75, 3.05) is 0 Å². The second-order valence-corrected chi connectivity index (χ2v) is 19.0. The third kappa shape index (κ3) is 7.49. The van der Waals surface area contributed by atoms with E-state index < -0.39 is 21.3 Å². The van der Waals surface area contributed by atoms with Crippen LogP contribution in [0.15, 0.2) is 118 Å². The van der Waals surface area contributed by atoms with Gasteiger partial charge in [-0.2, -0.15) is 0 Å². The van der Waals surface area contributed by atoms with Gasteiger partial charge in [-0.3, -0.25) is 0 Å². The maximum atomic E-state index is 2.75. The van der Waals surface area contributed by atoms with Crippen LogP contribution in [0.3, 0.4) is 0 Å². The van der Waals surface area contributed by atoms with Crippen LogP contribution in [0.1, 0.15) is 110 Å². The average molecular weight is 741 g/mol. The molecule has 1 unspecified atom stereocenters. The Morgan fingerprint density at radius 1 is 0.596 bits per heavy atom. The van der Waals surface area contributed by atoms with Gasteiger partial charge >= 0.3 is 282 Å². The van der Waals surface area contributed by atoms with Gasteiger partial charge in [-0.25, -0.2) is 0 Å². The fourth-order valence-corrected chi connectivity index (χ4v) is 18.2. The summed E-state index contributed by atoms with van der Waals surface area (Å²) < 4.78 is 4.04. The van der Waals surface area contributed by atoms with Crippen molar-refractivity contribution in [2.45, 2.75) is 89.6 Å². The quantitative estimate of drug-likeness (QED) is 0.168. The molecule has 0 radical (unpaired) electrons. The number of halogens is 2. The van der Waals surface area contributed by atoms with Gasteiger partial charge in [0.05, 0.1) is 0 Å². The molecule has 0 fully saturated rings. The Kier molecular flexibility index (Phi) is 13.9. The molecular formula is C44H50Cl2Zr. The summed E-state index contributed by atoms with van der Waals surface area (Å²) in [7, 11) is 0. The van der Waals surface area contributed by atoms with Gasteiger partial charge in [0, 0.05) is 0 Å². The number of aryl methyl sites for hydroxylation is 2. The molecule has 2 aliphatic carbocycles. The van der Waals surface area contributed by atoms with E-state index in [0.717, 1.165) is 12.8 Å². The predicted molar refractivity (Wildman–Crippen MR) is 192 cm³/mol. The average Bonchev–Trinajstić information content (AvgIpc) is 3.58. The molecule has 47 heavy (non-hydrogen) atoms.